The summed E-state index contributed by atoms with van der Waals surface area (Å²) in [4.78, 5) is 19.2. The summed E-state index contributed by atoms with van der Waals surface area (Å²) < 4.78 is 4.99. The van der Waals surface area contributed by atoms with E-state index in [0.29, 0.717) is 29.7 Å². The fraction of sp³-hybridized carbons (Fsp3) is 0.222. The van der Waals surface area contributed by atoms with Gasteiger partial charge >= 0.3 is 0 Å². The zero-order valence-corrected chi connectivity index (χ0v) is 9.01. The zero-order valence-electron chi connectivity index (χ0n) is 9.01. The molecule has 0 aliphatic carbocycles. The first-order valence-corrected chi connectivity index (χ1v) is 5.00. The summed E-state index contributed by atoms with van der Waals surface area (Å²) in [5.74, 6) is 1.77. The molecule has 3 heterocycles. The van der Waals surface area contributed by atoms with Crippen molar-refractivity contribution in [1.29, 1.82) is 0 Å². The topological polar surface area (TPSA) is 105 Å². The van der Waals surface area contributed by atoms with Crippen LogP contribution in [0.3, 0.4) is 0 Å². The van der Waals surface area contributed by atoms with Crippen LogP contribution in [-0.4, -0.2) is 30.1 Å². The molecule has 0 spiro atoms. The third kappa shape index (κ3) is 1.80. The largest absolute Gasteiger partial charge is 0.359 e. The molecular formula is C9H9N7O. The predicted octanol–water partition coefficient (Wildman–Crippen LogP) is 0.656. The maximum Gasteiger partial charge on any atom is 0.245 e. The Morgan fingerprint density at radius 3 is 3.12 bits per heavy atom. The molecule has 0 saturated heterocycles. The average molecular weight is 231 g/mol. The third-order valence-electron chi connectivity index (χ3n) is 2.20. The van der Waals surface area contributed by atoms with E-state index in [9.17, 15) is 0 Å². The van der Waals surface area contributed by atoms with Gasteiger partial charge in [-0.2, -0.15) is 4.98 Å². The Kier molecular flexibility index (Phi) is 2.18. The number of hydrogen-bond donors (Lipinski definition) is 2. The lowest BCUT2D eigenvalue weighted by molar-refractivity contribution is 0.379. The minimum atomic E-state index is 0.409. The molecule has 0 aliphatic heterocycles. The molecule has 8 nitrogen and oxygen atoms in total. The fourth-order valence-electron chi connectivity index (χ4n) is 1.47. The van der Waals surface area contributed by atoms with Gasteiger partial charge in [-0.05, 0) is 6.92 Å². The van der Waals surface area contributed by atoms with Crippen molar-refractivity contribution < 1.29 is 4.52 Å². The molecule has 3 rings (SSSR count). The number of rotatable bonds is 3. The summed E-state index contributed by atoms with van der Waals surface area (Å²) in [5.41, 5.74) is 1.37. The van der Waals surface area contributed by atoms with E-state index in [0.717, 1.165) is 5.52 Å². The molecule has 0 unspecified atom stereocenters. The van der Waals surface area contributed by atoms with Crippen LogP contribution in [-0.2, 0) is 6.54 Å². The van der Waals surface area contributed by atoms with E-state index in [1.807, 2.05) is 0 Å². The normalized spacial score (nSPS) is 10.9. The van der Waals surface area contributed by atoms with Gasteiger partial charge in [0, 0.05) is 0 Å². The number of imidazole rings is 1. The van der Waals surface area contributed by atoms with Crippen LogP contribution in [0.5, 0.6) is 0 Å². The van der Waals surface area contributed by atoms with Gasteiger partial charge in [-0.3, -0.25) is 0 Å². The number of aryl methyl sites for hydroxylation is 1. The van der Waals surface area contributed by atoms with Crippen LogP contribution in [0.25, 0.3) is 11.2 Å². The first-order valence-electron chi connectivity index (χ1n) is 5.00. The number of aromatic nitrogens is 6. The van der Waals surface area contributed by atoms with Crippen molar-refractivity contribution in [3.8, 4) is 0 Å². The lowest BCUT2D eigenvalue weighted by Crippen LogP contribution is -2.02. The predicted molar refractivity (Wildman–Crippen MR) is 58.0 cm³/mol. The summed E-state index contributed by atoms with van der Waals surface area (Å²) >= 11 is 0. The number of nitrogens with zero attached hydrogens (tertiary/aromatic N) is 5. The number of H-pyrrole nitrogens is 1. The van der Waals surface area contributed by atoms with E-state index in [1.165, 1.54) is 6.33 Å². The molecule has 17 heavy (non-hydrogen) atoms. The van der Waals surface area contributed by atoms with Crippen molar-refractivity contribution in [2.24, 2.45) is 0 Å². The molecular weight excluding hydrogens is 222 g/mol. The average Bonchev–Trinajstić information content (AvgIpc) is 2.94. The second-order valence-corrected chi connectivity index (χ2v) is 3.41. The maximum absolute atomic E-state index is 4.99. The smallest absolute Gasteiger partial charge is 0.245 e. The highest BCUT2D eigenvalue weighted by Crippen LogP contribution is 2.14. The molecule has 0 aliphatic rings. The quantitative estimate of drug-likeness (QED) is 0.681. The highest BCUT2D eigenvalue weighted by molar-refractivity contribution is 5.81. The van der Waals surface area contributed by atoms with Gasteiger partial charge in [-0.1, -0.05) is 5.16 Å². The van der Waals surface area contributed by atoms with Crippen molar-refractivity contribution >= 4 is 17.0 Å². The van der Waals surface area contributed by atoms with Crippen LogP contribution in [0, 0.1) is 6.92 Å². The Bertz CT molecular complexity index is 643. The summed E-state index contributed by atoms with van der Waals surface area (Å²) in [6.45, 7) is 2.18. The fourth-order valence-corrected chi connectivity index (χ4v) is 1.47. The van der Waals surface area contributed by atoms with E-state index in [2.05, 4.69) is 35.4 Å². The second-order valence-electron chi connectivity index (χ2n) is 3.41. The minimum absolute atomic E-state index is 0.409. The first kappa shape index (κ1) is 9.70. The van der Waals surface area contributed by atoms with Crippen molar-refractivity contribution in [2.45, 2.75) is 13.5 Å². The van der Waals surface area contributed by atoms with Gasteiger partial charge in [0.15, 0.2) is 17.3 Å². The molecule has 0 fully saturated rings. The highest BCUT2D eigenvalue weighted by Gasteiger charge is 2.07. The van der Waals surface area contributed by atoms with Crippen LogP contribution >= 0.6 is 0 Å². The van der Waals surface area contributed by atoms with E-state index < -0.39 is 0 Å². The van der Waals surface area contributed by atoms with Gasteiger partial charge in [0.25, 0.3) is 0 Å². The molecule has 0 amide bonds. The van der Waals surface area contributed by atoms with Gasteiger partial charge in [-0.15, -0.1) is 0 Å². The van der Waals surface area contributed by atoms with Crippen LogP contribution in [0.1, 0.15) is 11.7 Å². The molecule has 3 aromatic rings. The number of fused-ring (bicyclic) bond motifs is 1. The lowest BCUT2D eigenvalue weighted by atomic mass is 10.5. The van der Waals surface area contributed by atoms with Crippen LogP contribution in [0.2, 0.25) is 0 Å². The lowest BCUT2D eigenvalue weighted by Gasteiger charge is -2.01. The van der Waals surface area contributed by atoms with Crippen LogP contribution in [0.15, 0.2) is 17.2 Å². The number of hydrogen-bond acceptors (Lipinski definition) is 7. The van der Waals surface area contributed by atoms with Crippen molar-refractivity contribution in [3.05, 3.63) is 24.4 Å². The van der Waals surface area contributed by atoms with Gasteiger partial charge in [0.1, 0.15) is 11.8 Å². The van der Waals surface area contributed by atoms with Crippen molar-refractivity contribution in [2.75, 3.05) is 5.32 Å². The van der Waals surface area contributed by atoms with Crippen molar-refractivity contribution in [3.63, 3.8) is 0 Å². The summed E-state index contributed by atoms with van der Waals surface area (Å²) in [6.07, 6.45) is 3.02. The Morgan fingerprint density at radius 1 is 1.35 bits per heavy atom. The highest BCUT2D eigenvalue weighted by atomic mass is 16.5. The molecule has 0 radical (unpaired) electrons. The maximum atomic E-state index is 4.99. The van der Waals surface area contributed by atoms with E-state index >= 15 is 0 Å². The van der Waals surface area contributed by atoms with Gasteiger partial charge < -0.3 is 14.8 Å². The van der Waals surface area contributed by atoms with Gasteiger partial charge in [0.05, 0.1) is 12.9 Å². The van der Waals surface area contributed by atoms with Crippen molar-refractivity contribution in [1.82, 2.24) is 30.1 Å². The number of anilines is 1. The molecule has 0 atom stereocenters. The molecule has 0 saturated carbocycles. The molecule has 2 N–H and O–H groups in total. The minimum Gasteiger partial charge on any atom is -0.359 e. The third-order valence-corrected chi connectivity index (χ3v) is 2.20. The molecule has 0 aromatic carbocycles. The Hall–Kier alpha value is -2.51. The first-order chi connectivity index (χ1) is 8.33. The van der Waals surface area contributed by atoms with Gasteiger partial charge in [-0.25, -0.2) is 15.0 Å². The Balaban J connectivity index is 1.83. The van der Waals surface area contributed by atoms with E-state index in [1.54, 1.807) is 13.3 Å². The number of aromatic amines is 1. The SMILES string of the molecule is Cc1noc(CNc2ncnc3nc[nH]c23)n1. The summed E-state index contributed by atoms with van der Waals surface area (Å²) in [7, 11) is 0. The summed E-state index contributed by atoms with van der Waals surface area (Å²) in [6, 6.07) is 0. The Labute approximate surface area is 95.5 Å². The van der Waals surface area contributed by atoms with Crippen LogP contribution < -0.4 is 5.32 Å². The molecule has 3 aromatic heterocycles. The Morgan fingerprint density at radius 2 is 2.29 bits per heavy atom. The van der Waals surface area contributed by atoms with E-state index in [-0.39, 0.29) is 0 Å². The second kappa shape index (κ2) is 3.81. The summed E-state index contributed by atoms with van der Waals surface area (Å²) in [5, 5.41) is 6.79. The number of nitrogens with one attached hydrogen (secondary N) is 2. The van der Waals surface area contributed by atoms with E-state index in [4.69, 9.17) is 4.52 Å². The zero-order chi connectivity index (χ0) is 11.7. The molecule has 0 bridgehead atoms. The monoisotopic (exact) mass is 231 g/mol. The standard InChI is InChI=1S/C9H9N7O/c1-5-15-6(17-16-5)2-10-8-7-9(12-3-11-7)14-4-13-8/h3-4H,2H2,1H3,(H2,10,11,12,13,14). The molecule has 86 valence electrons. The van der Waals surface area contributed by atoms with Gasteiger partial charge in [0.2, 0.25) is 5.89 Å². The van der Waals surface area contributed by atoms with Crippen LogP contribution in [0.4, 0.5) is 5.82 Å². The molecule has 8 heteroatoms.